The van der Waals surface area contributed by atoms with E-state index in [0.717, 1.165) is 12.6 Å². The second-order valence-electron chi connectivity index (χ2n) is 6.41. The lowest BCUT2D eigenvalue weighted by molar-refractivity contribution is 0.0414. The van der Waals surface area contributed by atoms with E-state index in [1.807, 2.05) is 0 Å². The molecule has 1 aliphatic heterocycles. The number of hydrogen-bond donors (Lipinski definition) is 1. The van der Waals surface area contributed by atoms with Crippen molar-refractivity contribution in [2.75, 3.05) is 13.1 Å². The van der Waals surface area contributed by atoms with Crippen LogP contribution in [0, 0.1) is 5.41 Å². The quantitative estimate of drug-likeness (QED) is 0.796. The number of hydrogen-bond acceptors (Lipinski definition) is 2. The maximum atomic E-state index is 3.59. The van der Waals surface area contributed by atoms with E-state index >= 15 is 0 Å². The topological polar surface area (TPSA) is 15.3 Å². The molecule has 1 aliphatic rings. The summed E-state index contributed by atoms with van der Waals surface area (Å²) in [5, 5.41) is 3.59. The fraction of sp³-hybridized carbons (Fsp3) is 1.00. The smallest absolute Gasteiger partial charge is 0.0118 e. The first-order valence-corrected chi connectivity index (χ1v) is 6.85. The second-order valence-corrected chi connectivity index (χ2v) is 6.41. The van der Waals surface area contributed by atoms with Crippen LogP contribution in [-0.4, -0.2) is 36.1 Å². The molecule has 0 aromatic heterocycles. The molecule has 0 saturated carbocycles. The Bertz CT molecular complexity index is 207. The van der Waals surface area contributed by atoms with Crippen molar-refractivity contribution < 1.29 is 0 Å². The van der Waals surface area contributed by atoms with Gasteiger partial charge in [0.1, 0.15) is 0 Å². The van der Waals surface area contributed by atoms with Crippen molar-refractivity contribution in [3.05, 3.63) is 0 Å². The predicted octanol–water partition coefficient (Wildman–Crippen LogP) is 2.88. The van der Waals surface area contributed by atoms with E-state index in [9.17, 15) is 0 Å². The van der Waals surface area contributed by atoms with Crippen molar-refractivity contribution in [2.45, 2.75) is 72.5 Å². The van der Waals surface area contributed by atoms with Gasteiger partial charge in [0.2, 0.25) is 0 Å². The molecule has 0 radical (unpaired) electrons. The second kappa shape index (κ2) is 5.50. The van der Waals surface area contributed by atoms with Gasteiger partial charge in [-0.05, 0) is 38.6 Å². The molecule has 0 aromatic rings. The molecule has 3 unspecified atom stereocenters. The van der Waals surface area contributed by atoms with Gasteiger partial charge in [-0.3, -0.25) is 4.90 Å². The molecule has 2 heteroatoms. The summed E-state index contributed by atoms with van der Waals surface area (Å²) < 4.78 is 0. The van der Waals surface area contributed by atoms with Crippen LogP contribution in [0.1, 0.15) is 54.4 Å². The lowest BCUT2D eigenvalue weighted by Gasteiger charge is -2.46. The number of rotatable bonds is 3. The van der Waals surface area contributed by atoms with Gasteiger partial charge in [-0.15, -0.1) is 0 Å². The van der Waals surface area contributed by atoms with Gasteiger partial charge in [-0.2, -0.15) is 0 Å². The van der Waals surface area contributed by atoms with E-state index in [0.29, 0.717) is 17.5 Å². The van der Waals surface area contributed by atoms with Gasteiger partial charge < -0.3 is 5.32 Å². The zero-order chi connectivity index (χ0) is 12.3. The minimum Gasteiger partial charge on any atom is -0.314 e. The number of nitrogens with one attached hydrogen (secondary N) is 1. The normalized spacial score (nSPS) is 30.4. The van der Waals surface area contributed by atoms with Crippen molar-refractivity contribution in [1.29, 1.82) is 0 Å². The van der Waals surface area contributed by atoms with E-state index in [4.69, 9.17) is 0 Å². The van der Waals surface area contributed by atoms with E-state index in [1.54, 1.807) is 0 Å². The SMILES string of the molecule is CCNC1CCN(C(C)C(C)(C)C)C(C)C1. The average Bonchev–Trinajstić information content (AvgIpc) is 2.16. The van der Waals surface area contributed by atoms with Crippen molar-refractivity contribution in [3.8, 4) is 0 Å². The van der Waals surface area contributed by atoms with Gasteiger partial charge in [-0.1, -0.05) is 27.7 Å². The van der Waals surface area contributed by atoms with Crippen LogP contribution in [0.2, 0.25) is 0 Å². The molecule has 0 aromatic carbocycles. The Hall–Kier alpha value is -0.0800. The Morgan fingerprint density at radius 3 is 2.44 bits per heavy atom. The Morgan fingerprint density at radius 1 is 1.38 bits per heavy atom. The summed E-state index contributed by atoms with van der Waals surface area (Å²) in [6, 6.07) is 2.13. The van der Waals surface area contributed by atoms with Crippen LogP contribution >= 0.6 is 0 Å². The Morgan fingerprint density at radius 2 is 2.00 bits per heavy atom. The van der Waals surface area contributed by atoms with Crippen LogP contribution in [0.3, 0.4) is 0 Å². The highest BCUT2D eigenvalue weighted by atomic mass is 15.2. The molecule has 1 saturated heterocycles. The van der Waals surface area contributed by atoms with Crippen LogP contribution in [0.4, 0.5) is 0 Å². The first-order chi connectivity index (χ1) is 7.36. The minimum absolute atomic E-state index is 0.388. The molecule has 3 atom stereocenters. The van der Waals surface area contributed by atoms with Crippen molar-refractivity contribution >= 4 is 0 Å². The van der Waals surface area contributed by atoms with Crippen LogP contribution in [0.5, 0.6) is 0 Å². The van der Waals surface area contributed by atoms with E-state index in [1.165, 1.54) is 19.4 Å². The molecule has 96 valence electrons. The summed E-state index contributed by atoms with van der Waals surface area (Å²) in [6.07, 6.45) is 2.60. The lowest BCUT2D eigenvalue weighted by Crippen LogP contribution is -2.53. The van der Waals surface area contributed by atoms with E-state index in [2.05, 4.69) is 51.8 Å². The molecule has 16 heavy (non-hydrogen) atoms. The molecule has 1 fully saturated rings. The minimum atomic E-state index is 0.388. The third kappa shape index (κ3) is 3.46. The molecule has 0 aliphatic carbocycles. The predicted molar refractivity (Wildman–Crippen MR) is 71.8 cm³/mol. The summed E-state index contributed by atoms with van der Waals surface area (Å²) in [4.78, 5) is 2.69. The fourth-order valence-electron chi connectivity index (χ4n) is 2.74. The third-order valence-corrected chi connectivity index (χ3v) is 4.17. The maximum Gasteiger partial charge on any atom is 0.0118 e. The van der Waals surface area contributed by atoms with E-state index < -0.39 is 0 Å². The zero-order valence-corrected chi connectivity index (χ0v) is 12.0. The average molecular weight is 226 g/mol. The van der Waals surface area contributed by atoms with Crippen LogP contribution < -0.4 is 5.32 Å². The summed E-state index contributed by atoms with van der Waals surface area (Å²) in [5.74, 6) is 0. The number of nitrogens with zero attached hydrogens (tertiary/aromatic N) is 1. The van der Waals surface area contributed by atoms with Gasteiger partial charge in [0.15, 0.2) is 0 Å². The van der Waals surface area contributed by atoms with Crippen molar-refractivity contribution in [2.24, 2.45) is 5.41 Å². The Balaban J connectivity index is 2.53. The summed E-state index contributed by atoms with van der Waals surface area (Å²) in [5.41, 5.74) is 0.388. The highest BCUT2D eigenvalue weighted by Gasteiger charge is 2.33. The van der Waals surface area contributed by atoms with Crippen LogP contribution in [-0.2, 0) is 0 Å². The lowest BCUT2D eigenvalue weighted by atomic mass is 9.84. The zero-order valence-electron chi connectivity index (χ0n) is 12.0. The maximum absolute atomic E-state index is 3.59. The van der Waals surface area contributed by atoms with E-state index in [-0.39, 0.29) is 0 Å². The monoisotopic (exact) mass is 226 g/mol. The van der Waals surface area contributed by atoms with Gasteiger partial charge in [0, 0.05) is 24.7 Å². The van der Waals surface area contributed by atoms with Gasteiger partial charge >= 0.3 is 0 Å². The summed E-state index contributed by atoms with van der Waals surface area (Å²) >= 11 is 0. The highest BCUT2D eigenvalue weighted by Crippen LogP contribution is 2.29. The molecular formula is C14H30N2. The molecule has 1 N–H and O–H groups in total. The van der Waals surface area contributed by atoms with Crippen molar-refractivity contribution in [3.63, 3.8) is 0 Å². The molecule has 2 nitrogen and oxygen atoms in total. The van der Waals surface area contributed by atoms with Crippen LogP contribution in [0.25, 0.3) is 0 Å². The summed E-state index contributed by atoms with van der Waals surface area (Å²) in [7, 11) is 0. The fourth-order valence-corrected chi connectivity index (χ4v) is 2.74. The first kappa shape index (κ1) is 14.0. The molecule has 0 spiro atoms. The molecule has 0 bridgehead atoms. The standard InChI is InChI=1S/C14H30N2/c1-7-15-13-8-9-16(11(2)10-13)12(3)14(4,5)6/h11-13,15H,7-10H2,1-6H3. The van der Waals surface area contributed by atoms with Crippen LogP contribution in [0.15, 0.2) is 0 Å². The van der Waals surface area contributed by atoms with Gasteiger partial charge in [0.25, 0.3) is 0 Å². The Labute approximate surface area is 102 Å². The Kier molecular flexibility index (Phi) is 4.81. The highest BCUT2D eigenvalue weighted by molar-refractivity contribution is 4.89. The van der Waals surface area contributed by atoms with Crippen molar-refractivity contribution in [1.82, 2.24) is 10.2 Å². The van der Waals surface area contributed by atoms with Gasteiger partial charge in [0.05, 0.1) is 0 Å². The largest absolute Gasteiger partial charge is 0.314 e. The molecule has 1 heterocycles. The first-order valence-electron chi connectivity index (χ1n) is 6.85. The summed E-state index contributed by atoms with van der Waals surface area (Å²) in [6.45, 7) is 16.4. The molecule has 1 rings (SSSR count). The molecular weight excluding hydrogens is 196 g/mol. The number of piperidine rings is 1. The number of likely N-dealkylation sites (tertiary alicyclic amines) is 1. The third-order valence-electron chi connectivity index (χ3n) is 4.17. The molecule has 0 amide bonds. The van der Waals surface area contributed by atoms with Gasteiger partial charge in [-0.25, -0.2) is 0 Å².